The van der Waals surface area contributed by atoms with Crippen molar-refractivity contribution >= 4 is 33.6 Å². The molecule has 286 valence electrons. The second-order valence-corrected chi connectivity index (χ2v) is 16.5. The molecule has 13 heteroatoms. The number of anilines is 1. The third-order valence-corrected chi connectivity index (χ3v) is 11.9. The molecule has 1 amide bonds. The van der Waals surface area contributed by atoms with E-state index >= 15 is 0 Å². The number of pyridine rings is 1. The second kappa shape index (κ2) is 13.4. The van der Waals surface area contributed by atoms with Crippen LogP contribution in [0.2, 0.25) is 0 Å². The number of alkyl halides is 1. The van der Waals surface area contributed by atoms with E-state index in [2.05, 4.69) is 34.9 Å². The Hall–Kier alpha value is -4.49. The molecule has 54 heavy (non-hydrogen) atoms. The van der Waals surface area contributed by atoms with Crippen molar-refractivity contribution in [1.82, 2.24) is 24.8 Å². The zero-order chi connectivity index (χ0) is 37.4. The molecule has 4 saturated heterocycles. The summed E-state index contributed by atoms with van der Waals surface area (Å²) in [6, 6.07) is 12.1. The van der Waals surface area contributed by atoms with Crippen molar-refractivity contribution in [3.05, 3.63) is 42.0 Å². The monoisotopic (exact) mass is 740 g/mol. The van der Waals surface area contributed by atoms with Gasteiger partial charge in [-0.05, 0) is 94.0 Å². The number of ether oxygens (including phenoxy) is 5. The predicted molar refractivity (Wildman–Crippen MR) is 202 cm³/mol. The fraction of sp³-hybridized carbons (Fsp3) is 0.561. The van der Waals surface area contributed by atoms with Gasteiger partial charge in [-0.25, -0.2) is 14.2 Å². The molecule has 2 bridgehead atoms. The average molecular weight is 741 g/mol. The van der Waals surface area contributed by atoms with Crippen LogP contribution >= 0.6 is 0 Å². The summed E-state index contributed by atoms with van der Waals surface area (Å²) >= 11 is 0. The number of rotatable bonds is 8. The fourth-order valence-corrected chi connectivity index (χ4v) is 9.68. The van der Waals surface area contributed by atoms with Gasteiger partial charge < -0.3 is 28.6 Å². The van der Waals surface area contributed by atoms with Crippen LogP contribution in [0.1, 0.15) is 65.4 Å². The van der Waals surface area contributed by atoms with Crippen LogP contribution in [0.25, 0.3) is 32.9 Å². The molecule has 4 aromatic rings. The summed E-state index contributed by atoms with van der Waals surface area (Å²) in [5, 5.41) is 2.81. The Morgan fingerprint density at radius 3 is 2.74 bits per heavy atom. The first-order valence-corrected chi connectivity index (χ1v) is 19.4. The Bertz CT molecular complexity index is 2110. The highest BCUT2D eigenvalue weighted by Gasteiger charge is 2.52. The van der Waals surface area contributed by atoms with Crippen LogP contribution in [0.15, 0.2) is 36.4 Å². The quantitative estimate of drug-likeness (QED) is 0.180. The van der Waals surface area contributed by atoms with Gasteiger partial charge >= 0.3 is 12.1 Å². The lowest BCUT2D eigenvalue weighted by Gasteiger charge is -2.46. The van der Waals surface area contributed by atoms with Crippen LogP contribution in [-0.2, 0) is 15.9 Å². The maximum Gasteiger partial charge on any atom is 0.410 e. The van der Waals surface area contributed by atoms with Gasteiger partial charge in [0.15, 0.2) is 6.79 Å². The maximum atomic E-state index is 14.7. The predicted octanol–water partition coefficient (Wildman–Crippen LogP) is 6.69. The smallest absolute Gasteiger partial charge is 0.410 e. The molecule has 0 saturated carbocycles. The molecule has 5 aliphatic rings. The summed E-state index contributed by atoms with van der Waals surface area (Å²) < 4.78 is 45.1. The molecule has 2 aromatic carbocycles. The lowest BCUT2D eigenvalue weighted by Crippen LogP contribution is -2.63. The molecule has 5 atom stereocenters. The molecule has 0 unspecified atom stereocenters. The number of halogens is 1. The number of benzene rings is 2. The summed E-state index contributed by atoms with van der Waals surface area (Å²) in [6.45, 7) is 10.4. The second-order valence-electron chi connectivity index (χ2n) is 16.5. The maximum absolute atomic E-state index is 14.7. The number of amides is 1. The first-order chi connectivity index (χ1) is 26.0. The van der Waals surface area contributed by atoms with Crippen LogP contribution in [-0.4, -0.2) is 113 Å². The number of aryl methyl sites for hydroxylation is 1. The molecule has 5 aliphatic heterocycles. The molecule has 0 N–H and O–H groups in total. The Labute approximate surface area is 314 Å². The van der Waals surface area contributed by atoms with Crippen LogP contribution < -0.4 is 19.1 Å². The first kappa shape index (κ1) is 35.2. The molecular formula is C41H49FN6O6. The van der Waals surface area contributed by atoms with Gasteiger partial charge in [-0.3, -0.25) is 9.80 Å². The lowest BCUT2D eigenvalue weighted by molar-refractivity contribution is 0.00537. The number of fused-ring (bicyclic) bond motifs is 7. The van der Waals surface area contributed by atoms with E-state index in [1.165, 1.54) is 5.56 Å². The Balaban J connectivity index is 1.17. The van der Waals surface area contributed by atoms with Crippen molar-refractivity contribution < 1.29 is 32.9 Å². The normalized spacial score (nSPS) is 26.1. The number of methoxy groups -OCH3 is 1. The Kier molecular flexibility index (Phi) is 8.72. The number of nitrogens with zero attached hydrogens (tertiary/aromatic N) is 6. The molecule has 0 radical (unpaired) electrons. The van der Waals surface area contributed by atoms with Crippen LogP contribution in [0.3, 0.4) is 0 Å². The van der Waals surface area contributed by atoms with E-state index in [0.29, 0.717) is 66.8 Å². The van der Waals surface area contributed by atoms with Crippen LogP contribution in [0.5, 0.6) is 17.6 Å². The molecule has 12 nitrogen and oxygen atoms in total. The zero-order valence-electron chi connectivity index (χ0n) is 31.8. The van der Waals surface area contributed by atoms with Crippen molar-refractivity contribution in [1.29, 1.82) is 0 Å². The van der Waals surface area contributed by atoms with E-state index in [0.717, 1.165) is 55.0 Å². The van der Waals surface area contributed by atoms with Gasteiger partial charge in [0.05, 0.1) is 34.9 Å². The van der Waals surface area contributed by atoms with Gasteiger partial charge in [0.1, 0.15) is 41.9 Å². The molecular weight excluding hydrogens is 691 g/mol. The van der Waals surface area contributed by atoms with Crippen LogP contribution in [0.4, 0.5) is 15.0 Å². The van der Waals surface area contributed by atoms with E-state index in [4.69, 9.17) is 38.6 Å². The molecule has 9 rings (SSSR count). The van der Waals surface area contributed by atoms with E-state index in [9.17, 15) is 9.18 Å². The van der Waals surface area contributed by atoms with Crippen molar-refractivity contribution in [2.75, 3.05) is 51.7 Å². The number of hydrogen-bond acceptors (Lipinski definition) is 11. The summed E-state index contributed by atoms with van der Waals surface area (Å²) in [5.41, 5.74) is 2.41. The summed E-state index contributed by atoms with van der Waals surface area (Å²) in [6.07, 6.45) is 3.69. The first-order valence-electron chi connectivity index (χ1n) is 19.4. The zero-order valence-corrected chi connectivity index (χ0v) is 31.8. The summed E-state index contributed by atoms with van der Waals surface area (Å²) in [5.74, 6) is 1.77. The van der Waals surface area contributed by atoms with Crippen molar-refractivity contribution in [2.45, 2.75) is 102 Å². The summed E-state index contributed by atoms with van der Waals surface area (Å²) in [4.78, 5) is 35.4. The van der Waals surface area contributed by atoms with Gasteiger partial charge in [-0.2, -0.15) is 9.97 Å². The SMILES string of the molecule is CCc1cccc2cc(OCOC)cc(-c3cc4nc(OC[C@@]56CCCN5C[C@@H](F)C6)nc5c4c(n3)OC[C@H]3[C@@H]4CC[C@H](CN53)N4C(=O)OC(C)(C)C)c12. The molecule has 7 heterocycles. The van der Waals surface area contributed by atoms with Crippen molar-refractivity contribution in [2.24, 2.45) is 0 Å². The van der Waals surface area contributed by atoms with Crippen molar-refractivity contribution in [3.63, 3.8) is 0 Å². The highest BCUT2D eigenvalue weighted by atomic mass is 19.1. The van der Waals surface area contributed by atoms with E-state index < -0.39 is 11.8 Å². The van der Waals surface area contributed by atoms with Gasteiger partial charge in [-0.1, -0.05) is 25.1 Å². The number of piperazine rings is 1. The largest absolute Gasteiger partial charge is 0.475 e. The van der Waals surface area contributed by atoms with E-state index in [-0.39, 0.29) is 42.6 Å². The van der Waals surface area contributed by atoms with Gasteiger partial charge in [-0.15, -0.1) is 0 Å². The molecule has 2 aromatic heterocycles. The molecule has 0 spiro atoms. The Morgan fingerprint density at radius 1 is 1.06 bits per heavy atom. The topological polar surface area (TPSA) is 112 Å². The third kappa shape index (κ3) is 6.03. The van der Waals surface area contributed by atoms with E-state index in [1.54, 1.807) is 7.11 Å². The minimum absolute atomic E-state index is 0.0520. The number of carbonyl (C=O) groups is 1. The Morgan fingerprint density at radius 2 is 1.93 bits per heavy atom. The van der Waals surface area contributed by atoms with Gasteiger partial charge in [0, 0.05) is 32.2 Å². The number of carbonyl (C=O) groups excluding carboxylic acids is 1. The lowest BCUT2D eigenvalue weighted by atomic mass is 9.95. The van der Waals surface area contributed by atoms with Gasteiger partial charge in [0.25, 0.3) is 0 Å². The number of hydrogen-bond donors (Lipinski definition) is 0. The standard InChI is InChI=1S/C41H49FN6O6/c1-6-24-9-7-10-25-15-28(53-23-50-5)16-29(34(24)25)30-17-31-35-36(45-38(44-31)52-22-41-13-8-14-46(41)19-26(42)18-41)47-20-27-11-12-32(33(47)21-51-37(35)43-30)48(27)39(49)54-40(2,3)4/h7,9-10,15-17,26-27,32-33H,6,8,11-14,18-23H2,1-5H3/t26-,27+,32-,33-,41-/m0/s1. The fourth-order valence-electron chi connectivity index (χ4n) is 9.68. The highest BCUT2D eigenvalue weighted by Crippen LogP contribution is 2.46. The average Bonchev–Trinajstić information content (AvgIpc) is 3.75. The minimum atomic E-state index is -0.867. The number of aromatic nitrogens is 3. The van der Waals surface area contributed by atoms with Crippen molar-refractivity contribution in [3.8, 4) is 28.9 Å². The van der Waals surface area contributed by atoms with Gasteiger partial charge in [0.2, 0.25) is 5.88 Å². The van der Waals surface area contributed by atoms with Crippen LogP contribution in [0, 0.1) is 0 Å². The third-order valence-electron chi connectivity index (χ3n) is 11.9. The highest BCUT2D eigenvalue weighted by molar-refractivity contribution is 6.03. The minimum Gasteiger partial charge on any atom is -0.475 e. The molecule has 4 fully saturated rings. The molecule has 0 aliphatic carbocycles. The van der Waals surface area contributed by atoms with E-state index in [1.807, 2.05) is 43.9 Å². The summed E-state index contributed by atoms with van der Waals surface area (Å²) in [7, 11) is 1.60.